The molecule has 1 aromatic heterocycles. The fraction of sp³-hybridized carbons (Fsp3) is 0.588. The lowest BCUT2D eigenvalue weighted by atomic mass is 9.74. The lowest BCUT2D eigenvalue weighted by Gasteiger charge is -2.31. The smallest absolute Gasteiger partial charge is 0.167 e. The normalized spacial score (nSPS) is 21.1. The average Bonchev–Trinajstić information content (AvgIpc) is 2.89. The zero-order chi connectivity index (χ0) is 15.2. The van der Waals surface area contributed by atoms with Crippen molar-refractivity contribution in [3.8, 4) is 6.07 Å². The number of carbonyl (C=O) groups excluding carboxylic acids is 1. The van der Waals surface area contributed by atoms with E-state index in [1.807, 2.05) is 0 Å². The predicted molar refractivity (Wildman–Crippen MR) is 81.0 cm³/mol. The second-order valence-electron chi connectivity index (χ2n) is 7.14. The van der Waals surface area contributed by atoms with Crippen molar-refractivity contribution in [2.24, 2.45) is 5.41 Å². The van der Waals surface area contributed by atoms with Gasteiger partial charge in [-0.3, -0.25) is 9.78 Å². The zero-order valence-electron chi connectivity index (χ0n) is 12.7. The number of nitrogen functional groups attached to an aromatic ring is 1. The maximum absolute atomic E-state index is 12.4. The molecule has 0 unspecified atom stereocenters. The van der Waals surface area contributed by atoms with Crippen LogP contribution in [-0.2, 0) is 6.42 Å². The van der Waals surface area contributed by atoms with Crippen molar-refractivity contribution in [3.05, 3.63) is 22.5 Å². The molecular weight excluding hydrogens is 262 g/mol. The first kappa shape index (κ1) is 14.1. The minimum atomic E-state index is -0.0787. The highest BCUT2D eigenvalue weighted by Crippen LogP contribution is 2.41. The Kier molecular flexibility index (Phi) is 3.24. The fourth-order valence-corrected chi connectivity index (χ4v) is 3.77. The monoisotopic (exact) mass is 283 g/mol. The Labute approximate surface area is 125 Å². The van der Waals surface area contributed by atoms with Crippen LogP contribution >= 0.6 is 0 Å². The van der Waals surface area contributed by atoms with E-state index in [-0.39, 0.29) is 11.2 Å². The summed E-state index contributed by atoms with van der Waals surface area (Å²) in [6.07, 6.45) is 5.72. The summed E-state index contributed by atoms with van der Waals surface area (Å²) in [6.45, 7) is 4.16. The molecule has 4 heteroatoms. The van der Waals surface area contributed by atoms with E-state index in [9.17, 15) is 10.1 Å². The second kappa shape index (κ2) is 4.84. The van der Waals surface area contributed by atoms with Crippen molar-refractivity contribution in [2.45, 2.75) is 58.3 Å². The maximum Gasteiger partial charge on any atom is 0.167 e. The number of nitrogens with two attached hydrogens (primary N) is 1. The highest BCUT2D eigenvalue weighted by Gasteiger charge is 2.36. The van der Waals surface area contributed by atoms with E-state index < -0.39 is 0 Å². The molecule has 0 radical (unpaired) electrons. The van der Waals surface area contributed by atoms with Crippen LogP contribution in [0.3, 0.4) is 0 Å². The van der Waals surface area contributed by atoms with Crippen molar-refractivity contribution >= 4 is 11.5 Å². The van der Waals surface area contributed by atoms with E-state index >= 15 is 0 Å². The Morgan fingerprint density at radius 2 is 1.95 bits per heavy atom. The van der Waals surface area contributed by atoms with Gasteiger partial charge in [-0.15, -0.1) is 0 Å². The van der Waals surface area contributed by atoms with Crippen molar-refractivity contribution in [2.75, 3.05) is 5.73 Å². The van der Waals surface area contributed by atoms with E-state index in [2.05, 4.69) is 19.9 Å². The standard InChI is InChI=1S/C17H21N3O/c1-17(2)7-12-14(13(21)8-17)15(19)11(9-18)16(20-12)10-5-3-4-6-10/h10H,3-8H2,1-2H3,(H2,19,20). The quantitative estimate of drug-likeness (QED) is 0.857. The van der Waals surface area contributed by atoms with Gasteiger partial charge in [-0.05, 0) is 24.7 Å². The number of rotatable bonds is 1. The number of fused-ring (bicyclic) bond motifs is 1. The Hall–Kier alpha value is -1.89. The molecule has 1 fully saturated rings. The minimum absolute atomic E-state index is 0.0284. The lowest BCUT2D eigenvalue weighted by molar-refractivity contribution is 0.0911. The molecule has 0 amide bonds. The first-order valence-corrected chi connectivity index (χ1v) is 7.68. The van der Waals surface area contributed by atoms with Gasteiger partial charge in [-0.1, -0.05) is 26.7 Å². The third kappa shape index (κ3) is 2.31. The van der Waals surface area contributed by atoms with Gasteiger partial charge in [0.25, 0.3) is 0 Å². The first-order chi connectivity index (χ1) is 9.93. The van der Waals surface area contributed by atoms with Crippen LogP contribution < -0.4 is 5.73 Å². The van der Waals surface area contributed by atoms with Crippen molar-refractivity contribution < 1.29 is 4.79 Å². The van der Waals surface area contributed by atoms with Crippen LogP contribution in [0, 0.1) is 16.7 Å². The van der Waals surface area contributed by atoms with Gasteiger partial charge in [-0.25, -0.2) is 0 Å². The minimum Gasteiger partial charge on any atom is -0.397 e. The largest absolute Gasteiger partial charge is 0.397 e. The third-order valence-corrected chi connectivity index (χ3v) is 4.76. The van der Waals surface area contributed by atoms with Crippen LogP contribution in [0.25, 0.3) is 0 Å². The molecule has 0 bridgehead atoms. The molecule has 0 aromatic carbocycles. The number of pyridine rings is 1. The van der Waals surface area contributed by atoms with Crippen LogP contribution in [0.1, 0.15) is 79.2 Å². The predicted octanol–water partition coefficient (Wildman–Crippen LogP) is 3.35. The highest BCUT2D eigenvalue weighted by atomic mass is 16.1. The molecule has 0 saturated heterocycles. The van der Waals surface area contributed by atoms with Gasteiger partial charge >= 0.3 is 0 Å². The van der Waals surface area contributed by atoms with Crippen molar-refractivity contribution in [3.63, 3.8) is 0 Å². The van der Waals surface area contributed by atoms with Gasteiger partial charge in [0.05, 0.1) is 28.2 Å². The van der Waals surface area contributed by atoms with Crippen LogP contribution in [0.15, 0.2) is 0 Å². The zero-order valence-corrected chi connectivity index (χ0v) is 12.7. The summed E-state index contributed by atoms with van der Waals surface area (Å²) in [4.78, 5) is 17.1. The molecule has 0 spiro atoms. The molecular formula is C17H21N3O. The number of aromatic nitrogens is 1. The molecule has 110 valence electrons. The Morgan fingerprint density at radius 3 is 2.57 bits per heavy atom. The summed E-state index contributed by atoms with van der Waals surface area (Å²) in [5, 5.41) is 9.47. The van der Waals surface area contributed by atoms with Crippen LogP contribution in [0.2, 0.25) is 0 Å². The number of Topliss-reactive ketones (excluding diaryl/α,β-unsaturated/α-hetero) is 1. The number of carbonyl (C=O) groups is 1. The fourth-order valence-electron chi connectivity index (χ4n) is 3.77. The van der Waals surface area contributed by atoms with Crippen molar-refractivity contribution in [1.29, 1.82) is 5.26 Å². The number of nitriles is 1. The number of ketones is 1. The number of nitrogens with zero attached hydrogens (tertiary/aromatic N) is 2. The summed E-state index contributed by atoms with van der Waals surface area (Å²) in [6, 6.07) is 2.19. The summed E-state index contributed by atoms with van der Waals surface area (Å²) in [5.74, 6) is 0.355. The lowest BCUT2D eigenvalue weighted by Crippen LogP contribution is -2.30. The molecule has 2 N–H and O–H groups in total. The summed E-state index contributed by atoms with van der Waals surface area (Å²) >= 11 is 0. The van der Waals surface area contributed by atoms with Crippen LogP contribution in [0.5, 0.6) is 0 Å². The molecule has 4 nitrogen and oxygen atoms in total. The van der Waals surface area contributed by atoms with Gasteiger partial charge in [-0.2, -0.15) is 5.26 Å². The Balaban J connectivity index is 2.18. The summed E-state index contributed by atoms with van der Waals surface area (Å²) < 4.78 is 0. The third-order valence-electron chi connectivity index (χ3n) is 4.76. The summed E-state index contributed by atoms with van der Waals surface area (Å²) in [7, 11) is 0. The number of hydrogen-bond donors (Lipinski definition) is 1. The average molecular weight is 283 g/mol. The Morgan fingerprint density at radius 1 is 1.29 bits per heavy atom. The van der Waals surface area contributed by atoms with Crippen LogP contribution in [-0.4, -0.2) is 10.8 Å². The SMILES string of the molecule is CC1(C)CC(=O)c2c(nc(C3CCCC3)c(C#N)c2N)C1. The topological polar surface area (TPSA) is 79.8 Å². The van der Waals surface area contributed by atoms with Gasteiger partial charge in [0.15, 0.2) is 5.78 Å². The van der Waals surface area contributed by atoms with E-state index in [1.54, 1.807) is 0 Å². The van der Waals surface area contributed by atoms with E-state index in [0.29, 0.717) is 29.2 Å². The van der Waals surface area contributed by atoms with Gasteiger partial charge in [0, 0.05) is 12.3 Å². The molecule has 0 atom stereocenters. The molecule has 1 heterocycles. The Bertz CT molecular complexity index is 649. The summed E-state index contributed by atoms with van der Waals surface area (Å²) in [5.41, 5.74) is 9.04. The van der Waals surface area contributed by atoms with Gasteiger partial charge in [0.2, 0.25) is 0 Å². The molecule has 3 rings (SSSR count). The maximum atomic E-state index is 12.4. The van der Waals surface area contributed by atoms with E-state index in [1.165, 1.54) is 12.8 Å². The first-order valence-electron chi connectivity index (χ1n) is 7.68. The molecule has 1 saturated carbocycles. The number of hydrogen-bond acceptors (Lipinski definition) is 4. The van der Waals surface area contributed by atoms with Crippen molar-refractivity contribution in [1.82, 2.24) is 4.98 Å². The molecule has 1 aromatic rings. The van der Waals surface area contributed by atoms with E-state index in [0.717, 1.165) is 30.7 Å². The van der Waals surface area contributed by atoms with E-state index in [4.69, 9.17) is 10.7 Å². The second-order valence-corrected chi connectivity index (χ2v) is 7.14. The number of anilines is 1. The molecule has 0 aliphatic heterocycles. The molecule has 2 aliphatic carbocycles. The van der Waals surface area contributed by atoms with Gasteiger partial charge < -0.3 is 5.73 Å². The molecule has 2 aliphatic rings. The highest BCUT2D eigenvalue weighted by molar-refractivity contribution is 6.04. The van der Waals surface area contributed by atoms with Gasteiger partial charge in [0.1, 0.15) is 6.07 Å². The van der Waals surface area contributed by atoms with Crippen LogP contribution in [0.4, 0.5) is 5.69 Å². The molecule has 21 heavy (non-hydrogen) atoms.